The predicted molar refractivity (Wildman–Crippen MR) is 57.6 cm³/mol. The number of fused-ring (bicyclic) bond motifs is 1. The van der Waals surface area contributed by atoms with Crippen LogP contribution in [-0.4, -0.2) is 28.2 Å². The monoisotopic (exact) mass is 209 g/mol. The Morgan fingerprint density at radius 1 is 1.43 bits per heavy atom. The molecule has 2 aromatic heterocycles. The molecule has 0 atom stereocenters. The molecular formula is C9H11N3OS. The average Bonchev–Trinajstić information content (AvgIpc) is 2.67. The molecule has 2 rings (SSSR count). The third-order valence-corrected chi connectivity index (χ3v) is 2.71. The first kappa shape index (κ1) is 9.36. The van der Waals surface area contributed by atoms with Gasteiger partial charge >= 0.3 is 0 Å². The van der Waals surface area contributed by atoms with Crippen molar-refractivity contribution in [2.75, 3.05) is 18.5 Å². The minimum atomic E-state index is 0.199. The van der Waals surface area contributed by atoms with E-state index < -0.39 is 0 Å². The Hall–Kier alpha value is -1.20. The molecule has 0 saturated heterocycles. The zero-order valence-corrected chi connectivity index (χ0v) is 8.42. The van der Waals surface area contributed by atoms with Gasteiger partial charge in [-0.05, 0) is 17.9 Å². The maximum absolute atomic E-state index is 8.65. The number of aromatic nitrogens is 2. The molecule has 74 valence electrons. The van der Waals surface area contributed by atoms with Crippen LogP contribution in [0.5, 0.6) is 0 Å². The lowest BCUT2D eigenvalue weighted by molar-refractivity contribution is 0.292. The maximum atomic E-state index is 8.65. The van der Waals surface area contributed by atoms with Gasteiger partial charge in [0, 0.05) is 13.2 Å². The number of aliphatic hydroxyl groups excluding tert-OH is 1. The van der Waals surface area contributed by atoms with Crippen LogP contribution in [0.2, 0.25) is 0 Å². The molecule has 0 aliphatic rings. The van der Waals surface area contributed by atoms with E-state index in [0.29, 0.717) is 0 Å². The van der Waals surface area contributed by atoms with E-state index in [1.54, 1.807) is 17.7 Å². The number of nitrogens with one attached hydrogen (secondary N) is 1. The number of hydrogen-bond acceptors (Lipinski definition) is 5. The van der Waals surface area contributed by atoms with E-state index in [2.05, 4.69) is 15.3 Å². The van der Waals surface area contributed by atoms with Gasteiger partial charge in [-0.3, -0.25) is 0 Å². The molecule has 2 N–H and O–H groups in total. The Labute approximate surface area is 85.6 Å². The summed E-state index contributed by atoms with van der Waals surface area (Å²) in [6, 6.07) is 2.00. The van der Waals surface area contributed by atoms with Gasteiger partial charge in [-0.2, -0.15) is 0 Å². The number of anilines is 1. The maximum Gasteiger partial charge on any atom is 0.138 e. The first-order chi connectivity index (χ1) is 6.92. The van der Waals surface area contributed by atoms with Crippen molar-refractivity contribution in [2.24, 2.45) is 0 Å². The van der Waals surface area contributed by atoms with Crippen molar-refractivity contribution in [3.8, 4) is 0 Å². The summed E-state index contributed by atoms with van der Waals surface area (Å²) in [6.45, 7) is 0.934. The summed E-state index contributed by atoms with van der Waals surface area (Å²) in [7, 11) is 0. The van der Waals surface area contributed by atoms with Crippen LogP contribution in [0.4, 0.5) is 5.82 Å². The third-order valence-electron chi connectivity index (χ3n) is 1.89. The van der Waals surface area contributed by atoms with E-state index >= 15 is 0 Å². The first-order valence-corrected chi connectivity index (χ1v) is 5.32. The number of aliphatic hydroxyl groups is 1. The zero-order valence-electron chi connectivity index (χ0n) is 7.60. The van der Waals surface area contributed by atoms with Gasteiger partial charge in [0.1, 0.15) is 17.0 Å². The molecule has 14 heavy (non-hydrogen) atoms. The van der Waals surface area contributed by atoms with Crippen molar-refractivity contribution in [1.82, 2.24) is 9.97 Å². The van der Waals surface area contributed by atoms with Crippen molar-refractivity contribution in [3.63, 3.8) is 0 Å². The predicted octanol–water partition coefficient (Wildman–Crippen LogP) is 1.49. The molecule has 0 aliphatic heterocycles. The molecule has 0 aliphatic carbocycles. The summed E-state index contributed by atoms with van der Waals surface area (Å²) in [6.07, 6.45) is 2.29. The number of rotatable bonds is 4. The van der Waals surface area contributed by atoms with Crippen LogP contribution >= 0.6 is 11.3 Å². The first-order valence-electron chi connectivity index (χ1n) is 4.45. The van der Waals surface area contributed by atoms with Gasteiger partial charge in [0.2, 0.25) is 0 Å². The third kappa shape index (κ3) is 1.83. The van der Waals surface area contributed by atoms with E-state index in [1.807, 2.05) is 11.4 Å². The molecule has 2 heterocycles. The lowest BCUT2D eigenvalue weighted by Crippen LogP contribution is -2.05. The Morgan fingerprint density at radius 2 is 2.36 bits per heavy atom. The van der Waals surface area contributed by atoms with Gasteiger partial charge in [0.05, 0.1) is 5.39 Å². The molecule has 0 fully saturated rings. The SMILES string of the molecule is OCCCNc1ncnc2sccc12. The fraction of sp³-hybridized carbons (Fsp3) is 0.333. The van der Waals surface area contributed by atoms with E-state index in [1.165, 1.54) is 0 Å². The van der Waals surface area contributed by atoms with Gasteiger partial charge in [0.15, 0.2) is 0 Å². The molecule has 0 bridgehead atoms. The normalized spacial score (nSPS) is 10.6. The second-order valence-corrected chi connectivity index (χ2v) is 3.76. The van der Waals surface area contributed by atoms with Crippen molar-refractivity contribution < 1.29 is 5.11 Å². The largest absolute Gasteiger partial charge is 0.396 e. The lowest BCUT2D eigenvalue weighted by Gasteiger charge is -2.04. The highest BCUT2D eigenvalue weighted by Gasteiger charge is 2.02. The van der Waals surface area contributed by atoms with Crippen molar-refractivity contribution in [3.05, 3.63) is 17.8 Å². The quantitative estimate of drug-likeness (QED) is 0.749. The van der Waals surface area contributed by atoms with Crippen molar-refractivity contribution in [2.45, 2.75) is 6.42 Å². The highest BCUT2D eigenvalue weighted by atomic mass is 32.1. The van der Waals surface area contributed by atoms with Gasteiger partial charge in [-0.1, -0.05) is 0 Å². The lowest BCUT2D eigenvalue weighted by atomic mass is 10.3. The van der Waals surface area contributed by atoms with Gasteiger partial charge in [-0.25, -0.2) is 9.97 Å². The minimum Gasteiger partial charge on any atom is -0.396 e. The smallest absolute Gasteiger partial charge is 0.138 e. The summed E-state index contributed by atoms with van der Waals surface area (Å²) < 4.78 is 0. The Kier molecular flexibility index (Phi) is 2.90. The molecule has 2 aromatic rings. The minimum absolute atomic E-state index is 0.199. The van der Waals surface area contributed by atoms with Crippen LogP contribution in [0.15, 0.2) is 17.8 Å². The second-order valence-electron chi connectivity index (χ2n) is 2.87. The van der Waals surface area contributed by atoms with Crippen LogP contribution in [0.1, 0.15) is 6.42 Å². The van der Waals surface area contributed by atoms with Crippen molar-refractivity contribution >= 4 is 27.4 Å². The zero-order chi connectivity index (χ0) is 9.80. The van der Waals surface area contributed by atoms with Crippen LogP contribution in [0, 0.1) is 0 Å². The Balaban J connectivity index is 2.19. The van der Waals surface area contributed by atoms with Crippen LogP contribution in [-0.2, 0) is 0 Å². The van der Waals surface area contributed by atoms with E-state index in [9.17, 15) is 0 Å². The number of hydrogen-bond donors (Lipinski definition) is 2. The summed E-state index contributed by atoms with van der Waals surface area (Å²) >= 11 is 1.60. The van der Waals surface area contributed by atoms with Gasteiger partial charge in [0.25, 0.3) is 0 Å². The summed E-state index contributed by atoms with van der Waals surface area (Å²) in [5.41, 5.74) is 0. The van der Waals surface area contributed by atoms with Crippen LogP contribution in [0.3, 0.4) is 0 Å². The summed E-state index contributed by atoms with van der Waals surface area (Å²) in [5.74, 6) is 0.852. The second kappa shape index (κ2) is 4.34. The number of nitrogens with zero attached hydrogens (tertiary/aromatic N) is 2. The molecule has 0 radical (unpaired) electrons. The molecule has 4 nitrogen and oxygen atoms in total. The van der Waals surface area contributed by atoms with E-state index in [0.717, 1.165) is 29.0 Å². The van der Waals surface area contributed by atoms with Gasteiger partial charge < -0.3 is 10.4 Å². The van der Waals surface area contributed by atoms with Crippen molar-refractivity contribution in [1.29, 1.82) is 0 Å². The molecule has 0 unspecified atom stereocenters. The highest BCUT2D eigenvalue weighted by Crippen LogP contribution is 2.23. The molecule has 0 amide bonds. The molecular weight excluding hydrogens is 198 g/mol. The van der Waals surface area contributed by atoms with E-state index in [4.69, 9.17) is 5.11 Å². The molecule has 0 saturated carbocycles. The topological polar surface area (TPSA) is 58.0 Å². The average molecular weight is 209 g/mol. The highest BCUT2D eigenvalue weighted by molar-refractivity contribution is 7.16. The van der Waals surface area contributed by atoms with Crippen LogP contribution < -0.4 is 5.32 Å². The summed E-state index contributed by atoms with van der Waals surface area (Å²) in [5, 5.41) is 14.9. The Morgan fingerprint density at radius 3 is 3.21 bits per heavy atom. The fourth-order valence-corrected chi connectivity index (χ4v) is 1.95. The molecule has 0 spiro atoms. The van der Waals surface area contributed by atoms with E-state index in [-0.39, 0.29) is 6.61 Å². The molecule has 0 aromatic carbocycles. The van der Waals surface area contributed by atoms with Gasteiger partial charge in [-0.15, -0.1) is 11.3 Å². The molecule has 5 heteroatoms. The fourth-order valence-electron chi connectivity index (χ4n) is 1.22. The van der Waals surface area contributed by atoms with Crippen LogP contribution in [0.25, 0.3) is 10.2 Å². The number of thiophene rings is 1. The Bertz CT molecular complexity index is 415. The standard InChI is InChI=1S/C9H11N3OS/c13-4-1-3-10-8-7-2-5-14-9(7)12-6-11-8/h2,5-6,13H,1,3-4H2,(H,10,11,12). The summed E-state index contributed by atoms with van der Waals surface area (Å²) in [4.78, 5) is 9.29.